The monoisotopic (exact) mass is 681 g/mol. The quantitative estimate of drug-likeness (QED) is 0.109. The van der Waals surface area contributed by atoms with E-state index in [0.29, 0.717) is 35.9 Å². The van der Waals surface area contributed by atoms with Gasteiger partial charge < -0.3 is 15.4 Å². The van der Waals surface area contributed by atoms with Gasteiger partial charge in [0.15, 0.2) is 0 Å². The van der Waals surface area contributed by atoms with E-state index in [1.165, 1.54) is 18.5 Å². The first-order valence-electron chi connectivity index (χ1n) is 13.6. The van der Waals surface area contributed by atoms with Gasteiger partial charge in [0, 0.05) is 41.5 Å². The second-order valence-electron chi connectivity index (χ2n) is 10.1. The average Bonchev–Trinajstić information content (AvgIpc) is 3.45. The molecule has 0 bridgehead atoms. The van der Waals surface area contributed by atoms with Gasteiger partial charge in [-0.05, 0) is 69.9 Å². The summed E-state index contributed by atoms with van der Waals surface area (Å²) in [6.07, 6.45) is 2.22. The van der Waals surface area contributed by atoms with Crippen LogP contribution in [0.25, 0.3) is 22.2 Å². The summed E-state index contributed by atoms with van der Waals surface area (Å²) in [7, 11) is -2.18. The number of hydrogen-bond acceptors (Lipinski definition) is 9. The van der Waals surface area contributed by atoms with E-state index in [0.717, 1.165) is 42.9 Å². The lowest BCUT2D eigenvalue weighted by molar-refractivity contribution is 0.303. The van der Waals surface area contributed by atoms with Crippen LogP contribution in [0.3, 0.4) is 0 Å². The van der Waals surface area contributed by atoms with Gasteiger partial charge in [0.1, 0.15) is 30.3 Å². The van der Waals surface area contributed by atoms with Gasteiger partial charge in [-0.3, -0.25) is 0 Å². The maximum atomic E-state index is 13.5. The zero-order valence-electron chi connectivity index (χ0n) is 23.5. The standard InChI is InChI=1S/C31H29BrFN5O3S2/c1-19(2)29(43(39)40)15-34-11-10-30-38-27(17-42-30)21-6-8-26-24(13-21)31(36-18-35-26)37-23-7-9-28(25(32)14-23)41-16-20-4-3-5-22(33)12-20/h3-9,12-14,17-19,34H,10-11,15-16H2,1-2H3,(H,35,36,37). The van der Waals surface area contributed by atoms with Crippen LogP contribution in [0.15, 0.2) is 76.8 Å². The summed E-state index contributed by atoms with van der Waals surface area (Å²) >= 11 is 5.14. The lowest BCUT2D eigenvalue weighted by atomic mass is 10.1. The van der Waals surface area contributed by atoms with Crippen molar-refractivity contribution in [1.29, 1.82) is 0 Å². The Bertz CT molecular complexity index is 1890. The minimum Gasteiger partial charge on any atom is -0.488 e. The molecule has 0 radical (unpaired) electrons. The molecule has 0 aliphatic carbocycles. The summed E-state index contributed by atoms with van der Waals surface area (Å²) < 4.78 is 42.9. The van der Waals surface area contributed by atoms with Gasteiger partial charge in [0.2, 0.25) is 10.3 Å². The number of thiazole rings is 1. The summed E-state index contributed by atoms with van der Waals surface area (Å²) in [6.45, 7) is 4.96. The Hall–Kier alpha value is -3.71. The Kier molecular flexibility index (Phi) is 10.1. The van der Waals surface area contributed by atoms with Crippen molar-refractivity contribution in [2.24, 2.45) is 5.92 Å². The van der Waals surface area contributed by atoms with Crippen molar-refractivity contribution >= 4 is 64.8 Å². The van der Waals surface area contributed by atoms with Gasteiger partial charge in [-0.25, -0.2) is 19.3 Å². The van der Waals surface area contributed by atoms with Gasteiger partial charge in [-0.15, -0.1) is 11.3 Å². The minimum atomic E-state index is -2.18. The highest BCUT2D eigenvalue weighted by Crippen LogP contribution is 2.33. The number of benzene rings is 3. The number of hydrogen-bond donors (Lipinski definition) is 2. The highest BCUT2D eigenvalue weighted by Gasteiger charge is 2.12. The van der Waals surface area contributed by atoms with E-state index in [4.69, 9.17) is 9.72 Å². The van der Waals surface area contributed by atoms with E-state index >= 15 is 0 Å². The van der Waals surface area contributed by atoms with Crippen LogP contribution < -0.4 is 15.4 Å². The number of fused-ring (bicyclic) bond motifs is 1. The minimum absolute atomic E-state index is 0.0263. The maximum absolute atomic E-state index is 13.5. The third kappa shape index (κ3) is 8.02. The van der Waals surface area contributed by atoms with Gasteiger partial charge in [0.25, 0.3) is 0 Å². The summed E-state index contributed by atoms with van der Waals surface area (Å²) in [5, 5.41) is 10.4. The lowest BCUT2D eigenvalue weighted by Gasteiger charge is -2.12. The average molecular weight is 683 g/mol. The highest BCUT2D eigenvalue weighted by atomic mass is 79.9. The zero-order valence-corrected chi connectivity index (χ0v) is 26.7. The molecule has 2 N–H and O–H groups in total. The summed E-state index contributed by atoms with van der Waals surface area (Å²) in [5.41, 5.74) is 4.14. The van der Waals surface area contributed by atoms with Crippen molar-refractivity contribution in [3.05, 3.63) is 93.2 Å². The largest absolute Gasteiger partial charge is 0.488 e. The first-order chi connectivity index (χ1) is 20.8. The number of ether oxygens (including phenoxy) is 1. The van der Waals surface area contributed by atoms with Crippen LogP contribution in [0.4, 0.5) is 15.9 Å². The molecule has 0 unspecified atom stereocenters. The Morgan fingerprint density at radius 2 is 1.95 bits per heavy atom. The van der Waals surface area contributed by atoms with Crippen molar-refractivity contribution < 1.29 is 17.5 Å². The van der Waals surface area contributed by atoms with Crippen LogP contribution in [-0.2, 0) is 23.3 Å². The molecule has 2 aromatic heterocycles. The zero-order chi connectivity index (χ0) is 30.3. The lowest BCUT2D eigenvalue weighted by Crippen LogP contribution is -2.28. The van der Waals surface area contributed by atoms with Crippen LogP contribution in [0.1, 0.15) is 24.4 Å². The molecule has 222 valence electrons. The van der Waals surface area contributed by atoms with E-state index in [9.17, 15) is 12.8 Å². The Morgan fingerprint density at radius 3 is 2.72 bits per heavy atom. The van der Waals surface area contributed by atoms with Gasteiger partial charge in [-0.2, -0.15) is 8.42 Å². The van der Waals surface area contributed by atoms with Gasteiger partial charge >= 0.3 is 0 Å². The summed E-state index contributed by atoms with van der Waals surface area (Å²) in [4.78, 5) is 14.2. The number of anilines is 2. The van der Waals surface area contributed by atoms with Crippen LogP contribution >= 0.6 is 27.3 Å². The number of nitrogens with one attached hydrogen (secondary N) is 2. The number of rotatable bonds is 12. The molecule has 0 aliphatic heterocycles. The van der Waals surface area contributed by atoms with E-state index < -0.39 is 10.3 Å². The molecule has 0 fully saturated rings. The molecule has 0 aliphatic rings. The van der Waals surface area contributed by atoms with Crippen molar-refractivity contribution in [2.45, 2.75) is 26.9 Å². The normalized spacial score (nSPS) is 11.2. The topological polar surface area (TPSA) is 106 Å². The molecular formula is C31H29BrFN5O3S2. The molecule has 0 spiro atoms. The van der Waals surface area contributed by atoms with Gasteiger partial charge in [0.05, 0.1) is 25.6 Å². The molecule has 43 heavy (non-hydrogen) atoms. The molecule has 0 saturated heterocycles. The molecule has 0 saturated carbocycles. The van der Waals surface area contributed by atoms with Gasteiger partial charge in [-0.1, -0.05) is 32.0 Å². The molecule has 0 atom stereocenters. The van der Waals surface area contributed by atoms with Crippen LogP contribution in [-0.4, -0.2) is 41.3 Å². The summed E-state index contributed by atoms with van der Waals surface area (Å²) in [5.74, 6) is 0.968. The smallest absolute Gasteiger partial charge is 0.214 e. The molecule has 2 heterocycles. The molecule has 12 heteroatoms. The van der Waals surface area contributed by atoms with Crippen molar-refractivity contribution in [3.8, 4) is 17.0 Å². The fourth-order valence-electron chi connectivity index (χ4n) is 4.36. The predicted molar refractivity (Wildman–Crippen MR) is 174 cm³/mol. The summed E-state index contributed by atoms with van der Waals surface area (Å²) in [6, 6.07) is 17.9. The van der Waals surface area contributed by atoms with Crippen LogP contribution in [0, 0.1) is 11.7 Å². The van der Waals surface area contributed by atoms with Crippen molar-refractivity contribution in [2.75, 3.05) is 18.4 Å². The molecule has 8 nitrogen and oxygen atoms in total. The van der Waals surface area contributed by atoms with Crippen molar-refractivity contribution in [3.63, 3.8) is 0 Å². The second kappa shape index (κ2) is 14.2. The molecular weight excluding hydrogens is 653 g/mol. The number of nitrogens with zero attached hydrogens (tertiary/aromatic N) is 3. The van der Waals surface area contributed by atoms with E-state index in [1.54, 1.807) is 17.4 Å². The van der Waals surface area contributed by atoms with Crippen molar-refractivity contribution in [1.82, 2.24) is 20.3 Å². The molecule has 5 aromatic rings. The molecule has 3 aromatic carbocycles. The number of aromatic nitrogens is 3. The SMILES string of the molecule is CC(C)C(CNCCc1nc(-c2ccc3ncnc(Nc4ccc(OCc5cccc(F)c5)c(Br)c4)c3c2)cs1)=S(=O)=O. The first-order valence-corrected chi connectivity index (χ1v) is 16.3. The maximum Gasteiger partial charge on any atom is 0.214 e. The fraction of sp³-hybridized carbons (Fsp3) is 0.226. The third-order valence-electron chi connectivity index (χ3n) is 6.63. The second-order valence-corrected chi connectivity index (χ2v) is 12.8. The Labute approximate surface area is 263 Å². The molecule has 5 rings (SSSR count). The van der Waals surface area contributed by atoms with Crippen LogP contribution in [0.2, 0.25) is 0 Å². The first kappa shape index (κ1) is 30.7. The fourth-order valence-corrected chi connectivity index (χ4v) is 6.26. The Balaban J connectivity index is 1.26. The van der Waals surface area contributed by atoms with E-state index in [2.05, 4.69) is 36.5 Å². The van der Waals surface area contributed by atoms with E-state index in [1.807, 2.05) is 61.7 Å². The third-order valence-corrected chi connectivity index (χ3v) is 9.21. The predicted octanol–water partition coefficient (Wildman–Crippen LogP) is 6.82. The van der Waals surface area contributed by atoms with E-state index in [-0.39, 0.29) is 18.3 Å². The Morgan fingerprint density at radius 1 is 1.09 bits per heavy atom. The molecule has 0 amide bonds. The van der Waals surface area contributed by atoms with Crippen LogP contribution in [0.5, 0.6) is 5.75 Å². The number of halogens is 2. The highest BCUT2D eigenvalue weighted by molar-refractivity contribution is 9.10.